The Morgan fingerprint density at radius 1 is 1.38 bits per heavy atom. The van der Waals surface area contributed by atoms with Crippen molar-refractivity contribution in [2.24, 2.45) is 0 Å². The van der Waals surface area contributed by atoms with Crippen LogP contribution in [0.2, 0.25) is 0 Å². The van der Waals surface area contributed by atoms with E-state index in [2.05, 4.69) is 4.98 Å². The van der Waals surface area contributed by atoms with Gasteiger partial charge in [-0.1, -0.05) is 0 Å². The molecule has 2 N–H and O–H groups in total. The molecular weight excluding hydrogens is 276 g/mol. The Labute approximate surface area is 119 Å². The molecule has 21 heavy (non-hydrogen) atoms. The summed E-state index contributed by atoms with van der Waals surface area (Å²) in [6, 6.07) is 4.21. The molecule has 1 aromatic carbocycles. The first-order valence-corrected chi connectivity index (χ1v) is 6.30. The Hall–Kier alpha value is -2.41. The molecule has 0 unspecified atom stereocenters. The summed E-state index contributed by atoms with van der Waals surface area (Å²) >= 11 is 0. The number of carboxylic acid groups (broad SMARTS) is 1. The average Bonchev–Trinajstić information content (AvgIpc) is 2.39. The minimum atomic E-state index is -1.10. The van der Waals surface area contributed by atoms with Crippen LogP contribution >= 0.6 is 0 Å². The molecule has 0 amide bonds. The van der Waals surface area contributed by atoms with Crippen LogP contribution in [0, 0.1) is 0 Å². The Kier molecular flexibility index (Phi) is 3.69. The van der Waals surface area contributed by atoms with Gasteiger partial charge in [-0.25, -0.2) is 4.79 Å². The van der Waals surface area contributed by atoms with Crippen molar-refractivity contribution >= 4 is 17.0 Å². The van der Waals surface area contributed by atoms with E-state index in [9.17, 15) is 14.4 Å². The van der Waals surface area contributed by atoms with Gasteiger partial charge in [0.15, 0.2) is 0 Å². The highest BCUT2D eigenvalue weighted by Crippen LogP contribution is 2.20. The lowest BCUT2D eigenvalue weighted by Crippen LogP contribution is -2.46. The third-order valence-electron chi connectivity index (χ3n) is 3.23. The van der Waals surface area contributed by atoms with Crippen LogP contribution in [0.4, 0.5) is 0 Å². The predicted molar refractivity (Wildman–Crippen MR) is 77.0 cm³/mol. The first-order chi connectivity index (χ1) is 9.77. The number of aromatic carboxylic acids is 1. The van der Waals surface area contributed by atoms with E-state index in [0.29, 0.717) is 11.0 Å². The molecule has 0 atom stereocenters. The second kappa shape index (κ2) is 5.17. The maximum Gasteiger partial charge on any atom is 0.335 e. The quantitative estimate of drug-likeness (QED) is 0.810. The van der Waals surface area contributed by atoms with Crippen molar-refractivity contribution in [2.45, 2.75) is 19.4 Å². The zero-order valence-electron chi connectivity index (χ0n) is 12.0. The largest absolute Gasteiger partial charge is 0.478 e. The van der Waals surface area contributed by atoms with Crippen LogP contribution in [0.25, 0.3) is 11.0 Å². The third-order valence-corrected chi connectivity index (χ3v) is 3.23. The molecule has 7 heteroatoms. The van der Waals surface area contributed by atoms with E-state index in [1.54, 1.807) is 13.8 Å². The van der Waals surface area contributed by atoms with Gasteiger partial charge in [-0.2, -0.15) is 0 Å². The number of nitrogens with one attached hydrogen (secondary N) is 1. The van der Waals surface area contributed by atoms with Gasteiger partial charge in [-0.3, -0.25) is 14.2 Å². The SMILES string of the molecule is COCC(C)(C)n1c(=O)c(=O)[nH]c2ccc(C(=O)O)cc21. The van der Waals surface area contributed by atoms with Crippen molar-refractivity contribution in [2.75, 3.05) is 13.7 Å². The number of benzene rings is 1. The van der Waals surface area contributed by atoms with Crippen LogP contribution in [0.15, 0.2) is 27.8 Å². The topological polar surface area (TPSA) is 101 Å². The number of carbonyl (C=O) groups is 1. The summed E-state index contributed by atoms with van der Waals surface area (Å²) < 4.78 is 6.37. The van der Waals surface area contributed by atoms with Gasteiger partial charge in [0.25, 0.3) is 0 Å². The number of nitrogens with zero attached hydrogens (tertiary/aromatic N) is 1. The predicted octanol–water partition coefficient (Wildman–Crippen LogP) is 0.770. The summed E-state index contributed by atoms with van der Waals surface area (Å²) in [6.07, 6.45) is 0. The van der Waals surface area contributed by atoms with E-state index in [4.69, 9.17) is 9.84 Å². The standard InChI is InChI=1S/C14H16N2O5/c1-14(2,7-21-3)16-10-6-8(13(19)20)4-5-9(10)15-11(17)12(16)18/h4-6H,7H2,1-3H3,(H,15,17)(H,19,20). The number of rotatable bonds is 4. The molecule has 1 aromatic heterocycles. The second-order valence-corrected chi connectivity index (χ2v) is 5.38. The fourth-order valence-corrected chi connectivity index (χ4v) is 2.36. The first kappa shape index (κ1) is 15.0. The fourth-order valence-electron chi connectivity index (χ4n) is 2.36. The van der Waals surface area contributed by atoms with Crippen LogP contribution < -0.4 is 11.1 Å². The van der Waals surface area contributed by atoms with E-state index in [-0.39, 0.29) is 12.2 Å². The molecule has 2 rings (SSSR count). The lowest BCUT2D eigenvalue weighted by Gasteiger charge is -2.28. The van der Waals surface area contributed by atoms with Crippen molar-refractivity contribution in [3.8, 4) is 0 Å². The number of H-pyrrole nitrogens is 1. The molecule has 0 saturated carbocycles. The summed E-state index contributed by atoms with van der Waals surface area (Å²) in [5.41, 5.74) is -1.51. The molecule has 0 radical (unpaired) electrons. The van der Waals surface area contributed by atoms with Crippen LogP contribution in [0.1, 0.15) is 24.2 Å². The molecule has 0 saturated heterocycles. The molecule has 0 bridgehead atoms. The number of methoxy groups -OCH3 is 1. The smallest absolute Gasteiger partial charge is 0.335 e. The van der Waals surface area contributed by atoms with E-state index < -0.39 is 22.6 Å². The van der Waals surface area contributed by atoms with Crippen LogP contribution in [-0.2, 0) is 10.3 Å². The number of aromatic amines is 1. The molecule has 0 aliphatic carbocycles. The van der Waals surface area contributed by atoms with E-state index in [1.165, 1.54) is 29.9 Å². The van der Waals surface area contributed by atoms with Crippen LogP contribution in [-0.4, -0.2) is 34.3 Å². The number of aromatic nitrogens is 2. The van der Waals surface area contributed by atoms with Gasteiger partial charge in [0.05, 0.1) is 28.7 Å². The molecule has 7 nitrogen and oxygen atoms in total. The number of hydrogen-bond donors (Lipinski definition) is 2. The summed E-state index contributed by atoms with van der Waals surface area (Å²) in [4.78, 5) is 37.5. The van der Waals surface area contributed by atoms with Crippen molar-refractivity contribution in [1.82, 2.24) is 9.55 Å². The van der Waals surface area contributed by atoms with Crippen molar-refractivity contribution in [3.63, 3.8) is 0 Å². The summed E-state index contributed by atoms with van der Waals surface area (Å²) in [5, 5.41) is 9.08. The normalized spacial score (nSPS) is 11.8. The minimum absolute atomic E-state index is 0.0379. The van der Waals surface area contributed by atoms with Gasteiger partial charge in [0.1, 0.15) is 0 Å². The van der Waals surface area contributed by atoms with E-state index in [0.717, 1.165) is 0 Å². The molecule has 0 aliphatic heterocycles. The summed E-state index contributed by atoms with van der Waals surface area (Å²) in [7, 11) is 1.49. The first-order valence-electron chi connectivity index (χ1n) is 6.30. The van der Waals surface area contributed by atoms with Crippen molar-refractivity contribution < 1.29 is 14.6 Å². The molecule has 0 aliphatic rings. The Balaban J connectivity index is 2.91. The van der Waals surface area contributed by atoms with Gasteiger partial charge < -0.3 is 14.8 Å². The lowest BCUT2D eigenvalue weighted by atomic mass is 10.0. The van der Waals surface area contributed by atoms with E-state index >= 15 is 0 Å². The highest BCUT2D eigenvalue weighted by molar-refractivity contribution is 5.92. The van der Waals surface area contributed by atoms with Crippen LogP contribution in [0.3, 0.4) is 0 Å². The van der Waals surface area contributed by atoms with Gasteiger partial charge >= 0.3 is 17.1 Å². The van der Waals surface area contributed by atoms with Crippen LogP contribution in [0.5, 0.6) is 0 Å². The van der Waals surface area contributed by atoms with Gasteiger partial charge in [-0.05, 0) is 32.0 Å². The maximum atomic E-state index is 12.2. The summed E-state index contributed by atoms with van der Waals surface area (Å²) in [6.45, 7) is 3.68. The number of fused-ring (bicyclic) bond motifs is 1. The van der Waals surface area contributed by atoms with Gasteiger partial charge in [-0.15, -0.1) is 0 Å². The highest BCUT2D eigenvalue weighted by atomic mass is 16.5. The monoisotopic (exact) mass is 292 g/mol. The highest BCUT2D eigenvalue weighted by Gasteiger charge is 2.25. The Morgan fingerprint density at radius 2 is 2.05 bits per heavy atom. The molecule has 0 spiro atoms. The molecule has 112 valence electrons. The van der Waals surface area contributed by atoms with Gasteiger partial charge in [0, 0.05) is 7.11 Å². The fraction of sp³-hybridized carbons (Fsp3) is 0.357. The molecule has 1 heterocycles. The lowest BCUT2D eigenvalue weighted by molar-refractivity contribution is 0.0697. The Bertz CT molecular complexity index is 816. The molecule has 0 fully saturated rings. The van der Waals surface area contributed by atoms with Gasteiger partial charge in [0.2, 0.25) is 0 Å². The third kappa shape index (κ3) is 2.59. The maximum absolute atomic E-state index is 12.2. The number of ether oxygens (including phenoxy) is 1. The zero-order valence-corrected chi connectivity index (χ0v) is 12.0. The minimum Gasteiger partial charge on any atom is -0.478 e. The zero-order chi connectivity index (χ0) is 15.8. The van der Waals surface area contributed by atoms with E-state index in [1.807, 2.05) is 0 Å². The molecular formula is C14H16N2O5. The number of hydrogen-bond acceptors (Lipinski definition) is 4. The van der Waals surface area contributed by atoms with Crippen molar-refractivity contribution in [3.05, 3.63) is 44.5 Å². The summed E-state index contributed by atoms with van der Waals surface area (Å²) in [5.74, 6) is -1.10. The number of carboxylic acids is 1. The van der Waals surface area contributed by atoms with Crippen molar-refractivity contribution in [1.29, 1.82) is 0 Å². The Morgan fingerprint density at radius 3 is 2.62 bits per heavy atom. The second-order valence-electron chi connectivity index (χ2n) is 5.38. The molecule has 2 aromatic rings. The average molecular weight is 292 g/mol.